The van der Waals surface area contributed by atoms with Crippen molar-refractivity contribution in [3.63, 3.8) is 0 Å². The molecule has 0 atom stereocenters. The van der Waals surface area contributed by atoms with Crippen molar-refractivity contribution < 1.29 is 111 Å². The van der Waals surface area contributed by atoms with Crippen LogP contribution in [-0.4, -0.2) is 49.1 Å². The molecule has 0 aromatic heterocycles. The van der Waals surface area contributed by atoms with Crippen LogP contribution >= 0.6 is 0 Å². The number of hydrogen-bond acceptors (Lipinski definition) is 12. The van der Waals surface area contributed by atoms with Crippen LogP contribution in [0.5, 0.6) is 11.5 Å². The van der Waals surface area contributed by atoms with Crippen LogP contribution in [0.25, 0.3) is 10.8 Å². The molecule has 16 heteroatoms. The van der Waals surface area contributed by atoms with Gasteiger partial charge in [-0.25, -0.2) is 16.8 Å². The van der Waals surface area contributed by atoms with E-state index >= 15 is 0 Å². The Balaban J connectivity index is 0.000000681. The van der Waals surface area contributed by atoms with E-state index in [1.54, 1.807) is 48.5 Å². The van der Waals surface area contributed by atoms with Gasteiger partial charge >= 0.3 is 55.8 Å². The molecule has 0 radical (unpaired) electrons. The zero-order valence-electron chi connectivity index (χ0n) is 24.5. The van der Waals surface area contributed by atoms with Crippen molar-refractivity contribution in [3.05, 3.63) is 109 Å². The Morgan fingerprint density at radius 3 is 1.15 bits per heavy atom. The summed E-state index contributed by atoms with van der Waals surface area (Å²) in [7, 11) is -9.92. The second-order valence-corrected chi connectivity index (χ2v) is 11.6. The fourth-order valence-electron chi connectivity index (χ4n) is 3.41. The average Bonchev–Trinajstić information content (AvgIpc) is 2.92. The SMILES string of the molecule is CC(=O)[CH-]C(=O)c1ccccc1.CC(=O)[CH-]C(=O)c1ccccc1.O=S(=O)([O-])c1cc([O-])c2c([O-])cc(S(=O)(=O)[O-])cc2c1.[Na+].[Zr+4]. The largest absolute Gasteiger partial charge is 4.00 e. The molecule has 0 aliphatic heterocycles. The predicted octanol–water partition coefficient (Wildman–Crippen LogP) is -0.878. The van der Waals surface area contributed by atoms with Crippen LogP contribution in [0.15, 0.2) is 94.7 Å². The van der Waals surface area contributed by atoms with Gasteiger partial charge in [0.1, 0.15) is 20.2 Å². The minimum Gasteiger partial charge on any atom is -0.872 e. The van der Waals surface area contributed by atoms with Gasteiger partial charge in [-0.3, -0.25) is 0 Å². The molecule has 4 rings (SSSR count). The van der Waals surface area contributed by atoms with E-state index in [2.05, 4.69) is 0 Å². The number of benzene rings is 4. The molecule has 46 heavy (non-hydrogen) atoms. The summed E-state index contributed by atoms with van der Waals surface area (Å²) in [6, 6.07) is 19.7. The summed E-state index contributed by atoms with van der Waals surface area (Å²) >= 11 is 0. The van der Waals surface area contributed by atoms with Gasteiger partial charge in [-0.05, 0) is 36.8 Å². The van der Waals surface area contributed by atoms with Gasteiger partial charge in [-0.1, -0.05) is 48.5 Å². The van der Waals surface area contributed by atoms with Crippen molar-refractivity contribution in [1.82, 2.24) is 0 Å². The van der Waals surface area contributed by atoms with E-state index in [9.17, 15) is 55.3 Å². The molecule has 232 valence electrons. The van der Waals surface area contributed by atoms with E-state index in [-0.39, 0.29) is 78.9 Å². The molecule has 0 N–H and O–H groups in total. The Kier molecular flexibility index (Phi) is 17.6. The van der Waals surface area contributed by atoms with Gasteiger partial charge < -0.3 is 38.5 Å². The van der Waals surface area contributed by atoms with Crippen molar-refractivity contribution in [2.75, 3.05) is 0 Å². The maximum Gasteiger partial charge on any atom is 4.00 e. The van der Waals surface area contributed by atoms with Crippen LogP contribution in [0.4, 0.5) is 0 Å². The first-order valence-electron chi connectivity index (χ1n) is 12.2. The molecule has 0 unspecified atom stereocenters. The molecule has 4 aromatic rings. The number of carbonyl (C=O) groups is 4. The van der Waals surface area contributed by atoms with E-state index in [1.807, 2.05) is 12.1 Å². The first-order chi connectivity index (χ1) is 20.4. The predicted molar refractivity (Wildman–Crippen MR) is 150 cm³/mol. The van der Waals surface area contributed by atoms with E-state index in [0.717, 1.165) is 12.8 Å². The smallest absolute Gasteiger partial charge is 0.872 e. The van der Waals surface area contributed by atoms with Crippen LogP contribution in [0.2, 0.25) is 0 Å². The molecule has 0 heterocycles. The van der Waals surface area contributed by atoms with E-state index in [4.69, 9.17) is 0 Å². The van der Waals surface area contributed by atoms with Gasteiger partial charge in [0.05, 0.1) is 21.4 Å². The quantitative estimate of drug-likeness (QED) is 0.0703. The van der Waals surface area contributed by atoms with Crippen LogP contribution in [0, 0.1) is 12.8 Å². The maximum absolute atomic E-state index is 11.6. The van der Waals surface area contributed by atoms with Crippen molar-refractivity contribution >= 4 is 54.1 Å². The molecular formula is C30H22NaO12S2Zr-. The minimum absolute atomic E-state index is 0. The number of fused-ring (bicyclic) bond motifs is 1. The molecule has 0 aliphatic rings. The fourth-order valence-corrected chi connectivity index (χ4v) is 4.46. The number of carbonyl (C=O) groups excluding carboxylic acids is 4. The number of ketones is 4. The topological polar surface area (TPSA) is 229 Å². The summed E-state index contributed by atoms with van der Waals surface area (Å²) < 4.78 is 65.1. The van der Waals surface area contributed by atoms with Gasteiger partial charge in [0.2, 0.25) is 0 Å². The molecule has 0 amide bonds. The van der Waals surface area contributed by atoms with Gasteiger partial charge in [0.25, 0.3) is 0 Å². The standard InChI is InChI=1S/C10H8O8S2.2C10H9O2.Na.Zr/c11-8-3-6(19(13,14)15)1-5-2-7(20(16,17)18)4-9(12)10(5)8;2*1-8(11)7-10(12)9-5-3-2-4-6-9;;/h1-4,11-12H,(H,13,14,15)(H,16,17,18);2*2-7H,1H3;;/q;2*-1;+1;+4/p-4. The van der Waals surface area contributed by atoms with Gasteiger partial charge in [0, 0.05) is 11.6 Å². The summed E-state index contributed by atoms with van der Waals surface area (Å²) in [4.78, 5) is 41.6. The summed E-state index contributed by atoms with van der Waals surface area (Å²) in [6.45, 7) is 2.72. The summed E-state index contributed by atoms with van der Waals surface area (Å²) in [5, 5.41) is 22.3. The number of rotatable bonds is 8. The Hall–Kier alpha value is -3.14. The third kappa shape index (κ3) is 13.7. The first-order valence-corrected chi connectivity index (χ1v) is 15.0. The van der Waals surface area contributed by atoms with E-state index in [0.29, 0.717) is 35.4 Å². The Labute approximate surface area is 306 Å². The van der Waals surface area contributed by atoms with Crippen LogP contribution in [0.1, 0.15) is 34.6 Å². The summed E-state index contributed by atoms with van der Waals surface area (Å²) in [5.74, 6) is -2.99. The molecule has 0 aliphatic carbocycles. The van der Waals surface area contributed by atoms with Crippen LogP contribution in [0.3, 0.4) is 0 Å². The van der Waals surface area contributed by atoms with E-state index < -0.39 is 52.3 Å². The minimum atomic E-state index is -4.96. The van der Waals surface area contributed by atoms with Gasteiger partial charge in [-0.15, -0.1) is 59.7 Å². The first kappa shape index (κ1) is 42.9. The summed E-state index contributed by atoms with van der Waals surface area (Å²) in [6.07, 6.45) is 2.19. The maximum atomic E-state index is 11.6. The fraction of sp³-hybridized carbons (Fsp3) is 0.0667. The van der Waals surface area contributed by atoms with E-state index in [1.165, 1.54) is 13.8 Å². The third-order valence-corrected chi connectivity index (χ3v) is 6.91. The molecule has 12 nitrogen and oxygen atoms in total. The van der Waals surface area contributed by atoms with Crippen LogP contribution in [-0.2, 0) is 56.0 Å². The summed E-state index contributed by atoms with van der Waals surface area (Å²) in [5.41, 5.74) is 1.10. The normalized spacial score (nSPS) is 10.3. The van der Waals surface area contributed by atoms with Gasteiger partial charge in [0.15, 0.2) is 0 Å². The van der Waals surface area contributed by atoms with Crippen molar-refractivity contribution in [2.24, 2.45) is 0 Å². The second kappa shape index (κ2) is 18.9. The molecule has 0 fully saturated rings. The molecule has 0 spiro atoms. The average molecular weight is 753 g/mol. The molecule has 0 saturated heterocycles. The molecule has 0 bridgehead atoms. The van der Waals surface area contributed by atoms with Crippen molar-refractivity contribution in [2.45, 2.75) is 23.6 Å². The van der Waals surface area contributed by atoms with Gasteiger partial charge in [-0.2, -0.15) is 0 Å². The van der Waals surface area contributed by atoms with Crippen molar-refractivity contribution in [1.29, 1.82) is 0 Å². The number of hydrogen-bond donors (Lipinski definition) is 0. The Morgan fingerprint density at radius 1 is 0.587 bits per heavy atom. The zero-order valence-corrected chi connectivity index (χ0v) is 30.5. The second-order valence-electron chi connectivity index (χ2n) is 8.82. The molecular weight excluding hydrogens is 731 g/mol. The molecule has 0 saturated carbocycles. The third-order valence-electron chi connectivity index (χ3n) is 5.29. The van der Waals surface area contributed by atoms with Crippen LogP contribution < -0.4 is 39.8 Å². The Morgan fingerprint density at radius 2 is 0.891 bits per heavy atom. The Bertz CT molecular complexity index is 1780. The number of Topliss-reactive ketones (excluding diaryl/α,β-unsaturated/α-hetero) is 4. The molecule has 4 aromatic carbocycles. The zero-order chi connectivity index (χ0) is 33.2. The van der Waals surface area contributed by atoms with Crippen molar-refractivity contribution in [3.8, 4) is 11.5 Å². The monoisotopic (exact) mass is 751 g/mol.